The van der Waals surface area contributed by atoms with E-state index in [2.05, 4.69) is 0 Å². The molecule has 1 atom stereocenters. The van der Waals surface area contributed by atoms with E-state index in [-0.39, 0.29) is 12.2 Å². The van der Waals surface area contributed by atoms with Crippen molar-refractivity contribution in [1.29, 1.82) is 0 Å². The van der Waals surface area contributed by atoms with Crippen molar-refractivity contribution in [1.82, 2.24) is 0 Å². The van der Waals surface area contributed by atoms with Gasteiger partial charge in [-0.1, -0.05) is 12.1 Å². The molecule has 1 unspecified atom stereocenters. The summed E-state index contributed by atoms with van der Waals surface area (Å²) in [6.07, 6.45) is 1.17. The number of carbonyl (C=O) groups excluding carboxylic acids is 2. The predicted molar refractivity (Wildman–Crippen MR) is 63.1 cm³/mol. The summed E-state index contributed by atoms with van der Waals surface area (Å²) in [7, 11) is 0. The molecular formula is C12H16N2O3. The molecule has 2 amide bonds. The molecule has 5 N–H and O–H groups in total. The van der Waals surface area contributed by atoms with Crippen LogP contribution in [0.1, 0.15) is 30.7 Å². The molecule has 1 aromatic carbocycles. The summed E-state index contributed by atoms with van der Waals surface area (Å²) in [6, 6.07) is 6.39. The molecule has 0 heterocycles. The smallest absolute Gasteiger partial charge is 0.224 e. The highest BCUT2D eigenvalue weighted by Gasteiger charge is 2.18. The highest BCUT2D eigenvalue weighted by molar-refractivity contribution is 5.82. The molecule has 0 aliphatic rings. The van der Waals surface area contributed by atoms with Gasteiger partial charge in [-0.05, 0) is 30.5 Å². The number of nitrogens with two attached hydrogens (primary N) is 2. The van der Waals surface area contributed by atoms with Gasteiger partial charge in [0.05, 0.1) is 5.92 Å². The molecule has 1 aromatic rings. The van der Waals surface area contributed by atoms with Crippen molar-refractivity contribution in [3.8, 4) is 5.75 Å². The summed E-state index contributed by atoms with van der Waals surface area (Å²) in [5.74, 6) is -1.28. The topological polar surface area (TPSA) is 106 Å². The van der Waals surface area contributed by atoms with E-state index in [9.17, 15) is 14.7 Å². The van der Waals surface area contributed by atoms with Crippen LogP contribution >= 0.6 is 0 Å². The van der Waals surface area contributed by atoms with Crippen LogP contribution in [0.25, 0.3) is 0 Å². The maximum atomic E-state index is 11.3. The van der Waals surface area contributed by atoms with Gasteiger partial charge in [-0.15, -0.1) is 0 Å². The standard InChI is InChI=1S/C12H16N2O3/c13-11(16)6-2-5-10(12(14)17)8-3-1-4-9(15)7-8/h1,3-4,7,10,15H,2,5-6H2,(H2,13,16)(H2,14,17). The Labute approximate surface area is 99.4 Å². The second-order valence-electron chi connectivity index (χ2n) is 3.91. The zero-order valence-corrected chi connectivity index (χ0v) is 9.43. The number of amides is 2. The molecule has 0 bridgehead atoms. The summed E-state index contributed by atoms with van der Waals surface area (Å²) in [5, 5.41) is 9.33. The number of benzene rings is 1. The fourth-order valence-electron chi connectivity index (χ4n) is 1.70. The first-order valence-corrected chi connectivity index (χ1v) is 5.37. The monoisotopic (exact) mass is 236 g/mol. The Morgan fingerprint density at radius 3 is 2.53 bits per heavy atom. The minimum Gasteiger partial charge on any atom is -0.508 e. The van der Waals surface area contributed by atoms with E-state index >= 15 is 0 Å². The number of primary amides is 2. The molecule has 0 aromatic heterocycles. The Kier molecular flexibility index (Phi) is 4.51. The Hall–Kier alpha value is -2.04. The quantitative estimate of drug-likeness (QED) is 0.673. The third-order valence-corrected chi connectivity index (χ3v) is 2.53. The second-order valence-corrected chi connectivity index (χ2v) is 3.91. The Morgan fingerprint density at radius 1 is 1.29 bits per heavy atom. The van der Waals surface area contributed by atoms with E-state index in [1.165, 1.54) is 12.1 Å². The fourth-order valence-corrected chi connectivity index (χ4v) is 1.70. The van der Waals surface area contributed by atoms with Crippen LogP contribution in [0, 0.1) is 0 Å². The van der Waals surface area contributed by atoms with Gasteiger partial charge in [-0.25, -0.2) is 0 Å². The molecule has 0 saturated heterocycles. The van der Waals surface area contributed by atoms with Crippen LogP contribution in [0.2, 0.25) is 0 Å². The summed E-state index contributed by atoms with van der Waals surface area (Å²) in [5.41, 5.74) is 11.0. The number of carbonyl (C=O) groups is 2. The molecule has 0 fully saturated rings. The van der Waals surface area contributed by atoms with E-state index in [1.54, 1.807) is 12.1 Å². The number of aromatic hydroxyl groups is 1. The molecule has 5 heteroatoms. The lowest BCUT2D eigenvalue weighted by molar-refractivity contribution is -0.120. The summed E-state index contributed by atoms with van der Waals surface area (Å²) < 4.78 is 0. The van der Waals surface area contributed by atoms with Gasteiger partial charge in [0.1, 0.15) is 5.75 Å². The van der Waals surface area contributed by atoms with Crippen LogP contribution in [0.3, 0.4) is 0 Å². The maximum absolute atomic E-state index is 11.3. The minimum atomic E-state index is -0.499. The maximum Gasteiger partial charge on any atom is 0.224 e. The van der Waals surface area contributed by atoms with Crippen molar-refractivity contribution in [2.24, 2.45) is 11.5 Å². The van der Waals surface area contributed by atoms with Crippen LogP contribution in [0.15, 0.2) is 24.3 Å². The van der Waals surface area contributed by atoms with E-state index in [0.29, 0.717) is 18.4 Å². The summed E-state index contributed by atoms with van der Waals surface area (Å²) in [6.45, 7) is 0. The molecule has 0 spiro atoms. The first kappa shape index (κ1) is 13.0. The van der Waals surface area contributed by atoms with Crippen LogP contribution < -0.4 is 11.5 Å². The molecule has 92 valence electrons. The number of hydrogen-bond donors (Lipinski definition) is 3. The minimum absolute atomic E-state index is 0.0867. The van der Waals surface area contributed by atoms with Crippen molar-refractivity contribution >= 4 is 11.8 Å². The third kappa shape index (κ3) is 4.14. The van der Waals surface area contributed by atoms with E-state index in [4.69, 9.17) is 11.5 Å². The average Bonchev–Trinajstić information content (AvgIpc) is 2.23. The lowest BCUT2D eigenvalue weighted by Crippen LogP contribution is -2.22. The zero-order valence-electron chi connectivity index (χ0n) is 9.43. The van der Waals surface area contributed by atoms with Gasteiger partial charge >= 0.3 is 0 Å². The fraction of sp³-hybridized carbons (Fsp3) is 0.333. The number of phenolic OH excluding ortho intramolecular Hbond substituents is 1. The van der Waals surface area contributed by atoms with E-state index in [0.717, 1.165) is 0 Å². The van der Waals surface area contributed by atoms with Crippen LogP contribution in [0.5, 0.6) is 5.75 Å². The number of phenols is 1. The molecule has 1 rings (SSSR count). The van der Waals surface area contributed by atoms with Crippen LogP contribution in [0.4, 0.5) is 0 Å². The first-order chi connectivity index (χ1) is 8.00. The average molecular weight is 236 g/mol. The van der Waals surface area contributed by atoms with Crippen LogP contribution in [-0.2, 0) is 9.59 Å². The number of hydrogen-bond acceptors (Lipinski definition) is 3. The zero-order chi connectivity index (χ0) is 12.8. The van der Waals surface area contributed by atoms with Gasteiger partial charge in [0.2, 0.25) is 11.8 Å². The molecular weight excluding hydrogens is 220 g/mol. The van der Waals surface area contributed by atoms with Gasteiger partial charge in [0, 0.05) is 6.42 Å². The highest BCUT2D eigenvalue weighted by atomic mass is 16.3. The Bertz CT molecular complexity index is 418. The van der Waals surface area contributed by atoms with Crippen molar-refractivity contribution in [2.45, 2.75) is 25.2 Å². The Balaban J connectivity index is 2.72. The van der Waals surface area contributed by atoms with Gasteiger partial charge in [0.15, 0.2) is 0 Å². The SMILES string of the molecule is NC(=O)CCCC(C(N)=O)c1cccc(O)c1. The molecule has 17 heavy (non-hydrogen) atoms. The van der Waals surface area contributed by atoms with Crippen molar-refractivity contribution in [3.63, 3.8) is 0 Å². The largest absolute Gasteiger partial charge is 0.508 e. The lowest BCUT2D eigenvalue weighted by Gasteiger charge is -2.13. The van der Waals surface area contributed by atoms with Crippen molar-refractivity contribution in [2.75, 3.05) is 0 Å². The lowest BCUT2D eigenvalue weighted by atomic mass is 9.92. The van der Waals surface area contributed by atoms with Crippen molar-refractivity contribution in [3.05, 3.63) is 29.8 Å². The van der Waals surface area contributed by atoms with E-state index in [1.807, 2.05) is 0 Å². The summed E-state index contributed by atoms with van der Waals surface area (Å²) in [4.78, 5) is 21.9. The number of rotatable bonds is 6. The van der Waals surface area contributed by atoms with Gasteiger partial charge in [0.25, 0.3) is 0 Å². The predicted octanol–water partition coefficient (Wildman–Crippen LogP) is 0.617. The van der Waals surface area contributed by atoms with E-state index < -0.39 is 17.7 Å². The normalized spacial score (nSPS) is 12.0. The first-order valence-electron chi connectivity index (χ1n) is 5.37. The highest BCUT2D eigenvalue weighted by Crippen LogP contribution is 2.24. The van der Waals surface area contributed by atoms with Gasteiger partial charge < -0.3 is 16.6 Å². The molecule has 0 aliphatic heterocycles. The molecule has 5 nitrogen and oxygen atoms in total. The van der Waals surface area contributed by atoms with Gasteiger partial charge in [-0.3, -0.25) is 9.59 Å². The third-order valence-electron chi connectivity index (χ3n) is 2.53. The molecule has 0 saturated carbocycles. The van der Waals surface area contributed by atoms with Gasteiger partial charge in [-0.2, -0.15) is 0 Å². The Morgan fingerprint density at radius 2 is 2.00 bits per heavy atom. The summed E-state index contributed by atoms with van der Waals surface area (Å²) >= 11 is 0. The van der Waals surface area contributed by atoms with Crippen molar-refractivity contribution < 1.29 is 14.7 Å². The second kappa shape index (κ2) is 5.89. The van der Waals surface area contributed by atoms with Crippen LogP contribution in [-0.4, -0.2) is 16.9 Å². The molecule has 0 radical (unpaired) electrons. The molecule has 0 aliphatic carbocycles.